The summed E-state index contributed by atoms with van der Waals surface area (Å²) in [6.07, 6.45) is -4.38. The van der Waals surface area contributed by atoms with E-state index in [0.29, 0.717) is 24.7 Å². The number of alkyl halides is 3. The van der Waals surface area contributed by atoms with Gasteiger partial charge in [-0.05, 0) is 24.7 Å². The third kappa shape index (κ3) is 2.75. The van der Waals surface area contributed by atoms with Gasteiger partial charge in [0.25, 0.3) is 0 Å². The van der Waals surface area contributed by atoms with Gasteiger partial charge >= 0.3 is 6.18 Å². The Kier molecular flexibility index (Phi) is 3.62. The van der Waals surface area contributed by atoms with Crippen molar-refractivity contribution in [3.05, 3.63) is 29.7 Å². The van der Waals surface area contributed by atoms with Gasteiger partial charge in [0.1, 0.15) is 5.52 Å². The lowest BCUT2D eigenvalue weighted by Gasteiger charge is -2.14. The van der Waals surface area contributed by atoms with Crippen molar-refractivity contribution in [2.75, 3.05) is 19.8 Å². The Labute approximate surface area is 119 Å². The van der Waals surface area contributed by atoms with Crippen LogP contribution in [0, 0.1) is 0 Å². The quantitative estimate of drug-likeness (QED) is 0.947. The van der Waals surface area contributed by atoms with E-state index in [1.54, 1.807) is 0 Å². The molecular weight excluding hydrogens is 285 g/mol. The predicted octanol–water partition coefficient (Wildman–Crippen LogP) is 2.94. The normalized spacial score (nSPS) is 23.0. The molecule has 1 saturated heterocycles. The second-order valence-electron chi connectivity index (χ2n) is 5.04. The molecule has 2 unspecified atom stereocenters. The molecule has 2 aromatic rings. The highest BCUT2D eigenvalue weighted by Crippen LogP contribution is 2.33. The number of fused-ring (bicyclic) bond motifs is 1. The highest BCUT2D eigenvalue weighted by molar-refractivity contribution is 5.73. The van der Waals surface area contributed by atoms with Crippen LogP contribution in [-0.2, 0) is 10.9 Å². The summed E-state index contributed by atoms with van der Waals surface area (Å²) in [5.41, 5.74) is -0.136. The highest BCUT2D eigenvalue weighted by atomic mass is 19.4. The predicted molar refractivity (Wildman–Crippen MR) is 70.0 cm³/mol. The molecule has 7 heteroatoms. The Hall–Kier alpha value is -1.60. The van der Waals surface area contributed by atoms with Gasteiger partial charge in [0.2, 0.25) is 5.89 Å². The van der Waals surface area contributed by atoms with Gasteiger partial charge in [-0.2, -0.15) is 13.2 Å². The minimum absolute atomic E-state index is 0.0742. The Balaban J connectivity index is 1.94. The molecule has 0 radical (unpaired) electrons. The van der Waals surface area contributed by atoms with Crippen LogP contribution in [0.4, 0.5) is 13.2 Å². The van der Waals surface area contributed by atoms with Crippen molar-refractivity contribution in [3.8, 4) is 0 Å². The molecule has 1 aromatic carbocycles. The fourth-order valence-corrected chi connectivity index (χ4v) is 2.54. The molecule has 4 nitrogen and oxygen atoms in total. The molecule has 3 rings (SSSR count). The largest absolute Gasteiger partial charge is 0.440 e. The Morgan fingerprint density at radius 1 is 1.33 bits per heavy atom. The summed E-state index contributed by atoms with van der Waals surface area (Å²) >= 11 is 0. The zero-order valence-electron chi connectivity index (χ0n) is 11.4. The molecule has 21 heavy (non-hydrogen) atoms. The molecule has 0 saturated carbocycles. The highest BCUT2D eigenvalue weighted by Gasteiger charge is 2.34. The topological polar surface area (TPSA) is 47.3 Å². The van der Waals surface area contributed by atoms with E-state index >= 15 is 0 Å². The first kappa shape index (κ1) is 14.3. The summed E-state index contributed by atoms with van der Waals surface area (Å²) in [7, 11) is 0. The van der Waals surface area contributed by atoms with E-state index < -0.39 is 11.7 Å². The number of hydrogen-bond donors (Lipinski definition) is 1. The number of ether oxygens (including phenoxy) is 1. The summed E-state index contributed by atoms with van der Waals surface area (Å²) in [6, 6.07) is 3.40. The fourth-order valence-electron chi connectivity index (χ4n) is 2.54. The fraction of sp³-hybridized carbons (Fsp3) is 0.500. The Bertz CT molecular complexity index is 639. The van der Waals surface area contributed by atoms with E-state index in [9.17, 15) is 13.2 Å². The molecule has 0 amide bonds. The third-order valence-corrected chi connectivity index (χ3v) is 3.60. The second-order valence-corrected chi connectivity index (χ2v) is 5.04. The summed E-state index contributed by atoms with van der Waals surface area (Å²) in [5, 5.41) is 3.27. The molecule has 114 valence electrons. The lowest BCUT2D eigenvalue weighted by atomic mass is 10.0. The summed E-state index contributed by atoms with van der Waals surface area (Å²) < 4.78 is 49.1. The molecule has 2 heterocycles. The van der Waals surface area contributed by atoms with Crippen LogP contribution in [-0.4, -0.2) is 30.8 Å². The van der Waals surface area contributed by atoms with Gasteiger partial charge in [-0.1, -0.05) is 6.92 Å². The Morgan fingerprint density at radius 2 is 2.14 bits per heavy atom. The first-order valence-corrected chi connectivity index (χ1v) is 6.78. The van der Waals surface area contributed by atoms with E-state index in [2.05, 4.69) is 10.3 Å². The number of hydrogen-bond acceptors (Lipinski definition) is 4. The molecule has 1 aliphatic rings. The van der Waals surface area contributed by atoms with Gasteiger partial charge in [-0.25, -0.2) is 4.98 Å². The number of benzene rings is 1. The van der Waals surface area contributed by atoms with Crippen molar-refractivity contribution in [2.24, 2.45) is 0 Å². The van der Waals surface area contributed by atoms with Crippen molar-refractivity contribution < 1.29 is 22.3 Å². The second kappa shape index (κ2) is 5.31. The number of halogens is 3. The molecule has 1 aliphatic heterocycles. The maximum atomic E-state index is 12.7. The first-order valence-electron chi connectivity index (χ1n) is 6.78. The number of likely N-dealkylation sites (N-methyl/N-ethyl adjacent to an activating group) is 1. The standard InChI is InChI=1S/C14H15F3N2O2/c1-2-18-11-7-20-6-9(11)13-19-10-5-8(14(15,16)17)3-4-12(10)21-13/h3-5,9,11,18H,2,6-7H2,1H3. The van der Waals surface area contributed by atoms with Gasteiger partial charge in [-0.3, -0.25) is 0 Å². The number of oxazole rings is 1. The minimum atomic E-state index is -4.38. The van der Waals surface area contributed by atoms with E-state index in [0.717, 1.165) is 18.7 Å². The van der Waals surface area contributed by atoms with Gasteiger partial charge in [-0.15, -0.1) is 0 Å². The molecule has 1 aromatic heterocycles. The zero-order chi connectivity index (χ0) is 15.0. The van der Waals surface area contributed by atoms with Gasteiger partial charge in [0.15, 0.2) is 5.58 Å². The monoisotopic (exact) mass is 300 g/mol. The summed E-state index contributed by atoms with van der Waals surface area (Å²) in [4.78, 5) is 4.21. The maximum absolute atomic E-state index is 12.7. The lowest BCUT2D eigenvalue weighted by molar-refractivity contribution is -0.137. The summed E-state index contributed by atoms with van der Waals surface area (Å²) in [6.45, 7) is 3.77. The zero-order valence-corrected chi connectivity index (χ0v) is 11.4. The van der Waals surface area contributed by atoms with Gasteiger partial charge < -0.3 is 14.5 Å². The molecule has 1 N–H and O–H groups in total. The van der Waals surface area contributed by atoms with Crippen LogP contribution in [0.1, 0.15) is 24.3 Å². The molecule has 2 atom stereocenters. The van der Waals surface area contributed by atoms with Crippen molar-refractivity contribution in [3.63, 3.8) is 0 Å². The molecule has 0 spiro atoms. The van der Waals surface area contributed by atoms with E-state index in [4.69, 9.17) is 9.15 Å². The van der Waals surface area contributed by atoms with Crippen molar-refractivity contribution in [2.45, 2.75) is 25.1 Å². The van der Waals surface area contributed by atoms with Crippen LogP contribution in [0.25, 0.3) is 11.1 Å². The van der Waals surface area contributed by atoms with Crippen LogP contribution in [0.3, 0.4) is 0 Å². The van der Waals surface area contributed by atoms with Crippen molar-refractivity contribution in [1.82, 2.24) is 10.3 Å². The van der Waals surface area contributed by atoms with Crippen LogP contribution in [0.2, 0.25) is 0 Å². The van der Waals surface area contributed by atoms with E-state index in [1.807, 2.05) is 6.92 Å². The molecule has 0 aliphatic carbocycles. The average Bonchev–Trinajstić information content (AvgIpc) is 3.02. The molecular formula is C14H15F3N2O2. The van der Waals surface area contributed by atoms with Crippen molar-refractivity contribution in [1.29, 1.82) is 0 Å². The number of nitrogens with one attached hydrogen (secondary N) is 1. The van der Waals surface area contributed by atoms with Crippen LogP contribution in [0.5, 0.6) is 0 Å². The lowest BCUT2D eigenvalue weighted by Crippen LogP contribution is -2.34. The number of aromatic nitrogens is 1. The van der Waals surface area contributed by atoms with Gasteiger partial charge in [0.05, 0.1) is 24.7 Å². The molecule has 1 fully saturated rings. The van der Waals surface area contributed by atoms with Crippen LogP contribution in [0.15, 0.2) is 22.6 Å². The van der Waals surface area contributed by atoms with Gasteiger partial charge in [0, 0.05) is 6.04 Å². The van der Waals surface area contributed by atoms with E-state index in [1.165, 1.54) is 6.07 Å². The number of nitrogens with zero attached hydrogens (tertiary/aromatic N) is 1. The van der Waals surface area contributed by atoms with E-state index in [-0.39, 0.29) is 17.5 Å². The third-order valence-electron chi connectivity index (χ3n) is 3.60. The number of rotatable bonds is 3. The Morgan fingerprint density at radius 3 is 2.86 bits per heavy atom. The SMILES string of the molecule is CCNC1COCC1c1nc2cc(C(F)(F)F)ccc2o1. The minimum Gasteiger partial charge on any atom is -0.440 e. The van der Waals surface area contributed by atoms with Crippen molar-refractivity contribution >= 4 is 11.1 Å². The smallest absolute Gasteiger partial charge is 0.416 e. The maximum Gasteiger partial charge on any atom is 0.416 e. The molecule has 0 bridgehead atoms. The van der Waals surface area contributed by atoms with Crippen LogP contribution < -0.4 is 5.32 Å². The summed E-state index contributed by atoms with van der Waals surface area (Å²) in [5.74, 6) is 0.347. The van der Waals surface area contributed by atoms with Crippen LogP contribution >= 0.6 is 0 Å². The first-order chi connectivity index (χ1) is 9.99. The average molecular weight is 300 g/mol.